The summed E-state index contributed by atoms with van der Waals surface area (Å²) in [6.45, 7) is 4.26. The summed E-state index contributed by atoms with van der Waals surface area (Å²) in [6, 6.07) is 14.3. The van der Waals surface area contributed by atoms with Crippen LogP contribution in [-0.4, -0.2) is 37.5 Å². The van der Waals surface area contributed by atoms with Gasteiger partial charge in [0, 0.05) is 17.6 Å². The molecular weight excluding hydrogens is 372 g/mol. The molecule has 1 aromatic heterocycles. The number of hydrogen-bond acceptors (Lipinski definition) is 4. The lowest BCUT2D eigenvalue weighted by Gasteiger charge is -2.32. The summed E-state index contributed by atoms with van der Waals surface area (Å²) in [5.41, 5.74) is 1.71. The molecule has 0 radical (unpaired) electrons. The summed E-state index contributed by atoms with van der Waals surface area (Å²) >= 11 is 0. The van der Waals surface area contributed by atoms with E-state index in [-0.39, 0.29) is 6.04 Å². The van der Waals surface area contributed by atoms with Gasteiger partial charge in [0.1, 0.15) is 5.75 Å². The van der Waals surface area contributed by atoms with E-state index in [1.165, 1.54) is 23.2 Å². The fraction of sp³-hybridized carbons (Fsp3) is 0.364. The zero-order chi connectivity index (χ0) is 19.7. The van der Waals surface area contributed by atoms with Crippen LogP contribution in [-0.2, 0) is 10.0 Å². The van der Waals surface area contributed by atoms with Crippen molar-refractivity contribution in [3.63, 3.8) is 0 Å². The van der Waals surface area contributed by atoms with E-state index in [2.05, 4.69) is 11.8 Å². The van der Waals surface area contributed by atoms with Crippen LogP contribution in [0.4, 0.5) is 0 Å². The first-order valence-electron chi connectivity index (χ1n) is 9.76. The molecule has 3 aromatic rings. The zero-order valence-electron chi connectivity index (χ0n) is 16.3. The van der Waals surface area contributed by atoms with Crippen molar-refractivity contribution in [3.05, 3.63) is 60.3 Å². The molecule has 2 aromatic carbocycles. The third-order valence-corrected chi connectivity index (χ3v) is 7.38. The Morgan fingerprint density at radius 1 is 1.00 bits per heavy atom. The number of fused-ring (bicyclic) bond motifs is 1. The van der Waals surface area contributed by atoms with E-state index in [1.54, 1.807) is 37.6 Å². The lowest BCUT2D eigenvalue weighted by Crippen LogP contribution is -2.32. The SMILES string of the molecule is COc1ccc2c(c1)c(C(C)N1CCCCC1)cn2S(=O)(=O)c1ccccc1. The van der Waals surface area contributed by atoms with E-state index in [0.717, 1.165) is 29.8 Å². The molecule has 0 aliphatic carbocycles. The van der Waals surface area contributed by atoms with E-state index in [0.29, 0.717) is 10.4 Å². The van der Waals surface area contributed by atoms with E-state index in [4.69, 9.17) is 4.74 Å². The summed E-state index contributed by atoms with van der Waals surface area (Å²) in [6.07, 6.45) is 5.44. The van der Waals surface area contributed by atoms with Crippen LogP contribution < -0.4 is 4.74 Å². The average Bonchev–Trinajstić information content (AvgIpc) is 3.14. The maximum atomic E-state index is 13.3. The van der Waals surface area contributed by atoms with Crippen LogP contribution in [0.3, 0.4) is 0 Å². The number of ether oxygens (including phenoxy) is 1. The number of methoxy groups -OCH3 is 1. The van der Waals surface area contributed by atoms with Crippen LogP contribution in [0, 0.1) is 0 Å². The highest BCUT2D eigenvalue weighted by Gasteiger charge is 2.26. The smallest absolute Gasteiger partial charge is 0.268 e. The fourth-order valence-electron chi connectivity index (χ4n) is 4.07. The Labute approximate surface area is 166 Å². The number of nitrogens with zero attached hydrogens (tertiary/aromatic N) is 2. The van der Waals surface area contributed by atoms with E-state index in [9.17, 15) is 8.42 Å². The minimum Gasteiger partial charge on any atom is -0.497 e. The molecule has 1 aliphatic rings. The molecule has 1 unspecified atom stereocenters. The molecule has 6 heteroatoms. The first-order valence-corrected chi connectivity index (χ1v) is 11.2. The lowest BCUT2D eigenvalue weighted by molar-refractivity contribution is 0.176. The highest BCUT2D eigenvalue weighted by molar-refractivity contribution is 7.90. The summed E-state index contributed by atoms with van der Waals surface area (Å²) in [7, 11) is -2.04. The predicted octanol–water partition coefficient (Wildman–Crippen LogP) is 4.43. The van der Waals surface area contributed by atoms with E-state index in [1.807, 2.05) is 24.3 Å². The van der Waals surface area contributed by atoms with Crippen LogP contribution in [0.15, 0.2) is 59.6 Å². The van der Waals surface area contributed by atoms with Gasteiger partial charge in [0.2, 0.25) is 0 Å². The van der Waals surface area contributed by atoms with Crippen LogP contribution >= 0.6 is 0 Å². The van der Waals surface area contributed by atoms with Gasteiger partial charge in [-0.05, 0) is 68.8 Å². The van der Waals surface area contributed by atoms with Crippen molar-refractivity contribution in [1.82, 2.24) is 8.87 Å². The third kappa shape index (κ3) is 3.31. The molecule has 0 spiro atoms. The van der Waals surface area contributed by atoms with Gasteiger partial charge >= 0.3 is 0 Å². The summed E-state index contributed by atoms with van der Waals surface area (Å²) in [5, 5.41) is 0.928. The molecule has 1 atom stereocenters. The van der Waals surface area contributed by atoms with Gasteiger partial charge in [0.05, 0.1) is 17.5 Å². The second-order valence-electron chi connectivity index (χ2n) is 7.35. The van der Waals surface area contributed by atoms with Crippen molar-refractivity contribution >= 4 is 20.9 Å². The maximum absolute atomic E-state index is 13.3. The second kappa shape index (κ2) is 7.60. The Hall–Kier alpha value is -2.31. The molecule has 5 nitrogen and oxygen atoms in total. The van der Waals surface area contributed by atoms with Crippen LogP contribution in [0.5, 0.6) is 5.75 Å². The largest absolute Gasteiger partial charge is 0.497 e. The molecule has 0 amide bonds. The summed E-state index contributed by atoms with van der Waals surface area (Å²) in [5.74, 6) is 0.731. The van der Waals surface area contributed by atoms with Crippen molar-refractivity contribution in [3.8, 4) is 5.75 Å². The van der Waals surface area contributed by atoms with Gasteiger partial charge in [-0.25, -0.2) is 12.4 Å². The highest BCUT2D eigenvalue weighted by atomic mass is 32.2. The number of likely N-dealkylation sites (tertiary alicyclic amines) is 1. The van der Waals surface area contributed by atoms with Crippen LogP contribution in [0.1, 0.15) is 37.8 Å². The van der Waals surface area contributed by atoms with Crippen molar-refractivity contribution < 1.29 is 13.2 Å². The van der Waals surface area contributed by atoms with Crippen molar-refractivity contribution in [2.75, 3.05) is 20.2 Å². The minimum atomic E-state index is -3.67. The Morgan fingerprint density at radius 2 is 1.71 bits per heavy atom. The van der Waals surface area contributed by atoms with Gasteiger partial charge in [-0.2, -0.15) is 0 Å². The number of piperidine rings is 1. The quantitative estimate of drug-likeness (QED) is 0.638. The molecule has 4 rings (SSSR count). The number of benzene rings is 2. The molecule has 1 fully saturated rings. The van der Waals surface area contributed by atoms with Crippen LogP contribution in [0.25, 0.3) is 10.9 Å². The van der Waals surface area contributed by atoms with Crippen molar-refractivity contribution in [1.29, 1.82) is 0 Å². The minimum absolute atomic E-state index is 0.141. The average molecular weight is 399 g/mol. The zero-order valence-corrected chi connectivity index (χ0v) is 17.2. The standard InChI is InChI=1S/C22H26N2O3S/c1-17(23-13-7-4-8-14-23)21-16-24(22-12-11-18(27-2)15-20(21)22)28(25,26)19-9-5-3-6-10-19/h3,5-6,9-12,15-17H,4,7-8,13-14H2,1-2H3. The summed E-state index contributed by atoms with van der Waals surface area (Å²) < 4.78 is 33.5. The molecule has 1 saturated heterocycles. The highest BCUT2D eigenvalue weighted by Crippen LogP contribution is 2.35. The monoisotopic (exact) mass is 398 g/mol. The van der Waals surface area contributed by atoms with Crippen LogP contribution in [0.2, 0.25) is 0 Å². The predicted molar refractivity (Wildman–Crippen MR) is 111 cm³/mol. The van der Waals surface area contributed by atoms with Gasteiger partial charge in [0.15, 0.2) is 0 Å². The molecular formula is C22H26N2O3S. The molecule has 0 bridgehead atoms. The van der Waals surface area contributed by atoms with Crippen molar-refractivity contribution in [2.24, 2.45) is 0 Å². The molecule has 28 heavy (non-hydrogen) atoms. The number of aromatic nitrogens is 1. The van der Waals surface area contributed by atoms with Gasteiger partial charge < -0.3 is 4.74 Å². The Bertz CT molecular complexity index is 1070. The lowest BCUT2D eigenvalue weighted by atomic mass is 10.0. The van der Waals surface area contributed by atoms with Gasteiger partial charge in [-0.3, -0.25) is 4.90 Å². The van der Waals surface area contributed by atoms with E-state index < -0.39 is 10.0 Å². The Balaban J connectivity index is 1.88. The molecule has 0 saturated carbocycles. The molecule has 2 heterocycles. The van der Waals surface area contributed by atoms with Gasteiger partial charge in [-0.15, -0.1) is 0 Å². The molecule has 148 valence electrons. The number of hydrogen-bond donors (Lipinski definition) is 0. The third-order valence-electron chi connectivity index (χ3n) is 5.70. The van der Waals surface area contributed by atoms with E-state index >= 15 is 0 Å². The Kier molecular flexibility index (Phi) is 5.17. The Morgan fingerprint density at radius 3 is 2.39 bits per heavy atom. The maximum Gasteiger partial charge on any atom is 0.268 e. The molecule has 0 N–H and O–H groups in total. The van der Waals surface area contributed by atoms with Gasteiger partial charge in [0.25, 0.3) is 10.0 Å². The fourth-order valence-corrected chi connectivity index (χ4v) is 5.47. The normalized spacial score (nSPS) is 16.9. The van der Waals surface area contributed by atoms with Crippen molar-refractivity contribution in [2.45, 2.75) is 37.1 Å². The second-order valence-corrected chi connectivity index (χ2v) is 9.17. The first kappa shape index (κ1) is 19.0. The summed E-state index contributed by atoms with van der Waals surface area (Å²) in [4.78, 5) is 2.73. The topological polar surface area (TPSA) is 51.5 Å². The number of rotatable bonds is 5. The molecule has 1 aliphatic heterocycles. The van der Waals surface area contributed by atoms with Gasteiger partial charge in [-0.1, -0.05) is 24.6 Å². The first-order chi connectivity index (χ1) is 13.5.